The summed E-state index contributed by atoms with van der Waals surface area (Å²) in [5.74, 6) is 2.83. The number of aromatic nitrogens is 2. The number of morpholine rings is 1. The van der Waals surface area contributed by atoms with Gasteiger partial charge in [0, 0.05) is 31.1 Å². The number of nitrogens with one attached hydrogen (secondary N) is 1. The maximum absolute atomic E-state index is 12.5. The Morgan fingerprint density at radius 1 is 1.03 bits per heavy atom. The summed E-state index contributed by atoms with van der Waals surface area (Å²) < 4.78 is 6.54. The highest BCUT2D eigenvalue weighted by atomic mass is 16.5. The first-order chi connectivity index (χ1) is 14.3. The Labute approximate surface area is 170 Å². The monoisotopic (exact) mass is 390 g/mol. The number of ether oxygens (including phenoxy) is 1. The number of carbonyl (C=O) groups excluding carboxylic acids is 1. The second-order valence-corrected chi connectivity index (χ2v) is 8.83. The van der Waals surface area contributed by atoms with Crippen LogP contribution in [-0.4, -0.2) is 41.6 Å². The molecule has 2 aliphatic carbocycles. The zero-order chi connectivity index (χ0) is 19.4. The van der Waals surface area contributed by atoms with E-state index in [1.807, 2.05) is 6.07 Å². The van der Waals surface area contributed by atoms with Crippen molar-refractivity contribution >= 4 is 11.7 Å². The summed E-state index contributed by atoms with van der Waals surface area (Å²) in [5.41, 5.74) is 2.82. The molecule has 6 rings (SSSR count). The fourth-order valence-electron chi connectivity index (χ4n) is 4.62. The maximum Gasteiger partial charge on any atom is 0.270 e. The molecule has 2 saturated carbocycles. The van der Waals surface area contributed by atoms with E-state index in [9.17, 15) is 4.79 Å². The molecule has 150 valence electrons. The molecule has 29 heavy (non-hydrogen) atoms. The molecule has 0 spiro atoms. The molecule has 6 nitrogen and oxygen atoms in total. The molecule has 1 N–H and O–H groups in total. The molecule has 2 atom stereocenters. The van der Waals surface area contributed by atoms with E-state index in [0.717, 1.165) is 49.6 Å². The Kier molecular flexibility index (Phi) is 4.08. The summed E-state index contributed by atoms with van der Waals surface area (Å²) in [4.78, 5) is 24.6. The second kappa shape index (κ2) is 6.80. The fourth-order valence-corrected chi connectivity index (χ4v) is 4.62. The van der Waals surface area contributed by atoms with Crippen molar-refractivity contribution in [3.8, 4) is 0 Å². The number of carbonyl (C=O) groups is 1. The third kappa shape index (κ3) is 3.29. The normalized spacial score (nSPS) is 26.8. The Hall–Kier alpha value is -2.47. The predicted octanol–water partition coefficient (Wildman–Crippen LogP) is 3.00. The van der Waals surface area contributed by atoms with E-state index < -0.39 is 0 Å². The summed E-state index contributed by atoms with van der Waals surface area (Å²) in [5, 5.41) is 2.95. The van der Waals surface area contributed by atoms with Crippen molar-refractivity contribution < 1.29 is 9.53 Å². The summed E-state index contributed by atoms with van der Waals surface area (Å²) in [6.45, 7) is 2.27. The van der Waals surface area contributed by atoms with Gasteiger partial charge in [0.15, 0.2) is 0 Å². The molecule has 0 unspecified atom stereocenters. The maximum atomic E-state index is 12.5. The van der Waals surface area contributed by atoms with Gasteiger partial charge in [0.25, 0.3) is 5.91 Å². The van der Waals surface area contributed by atoms with Gasteiger partial charge < -0.3 is 15.0 Å². The molecule has 0 radical (unpaired) electrons. The van der Waals surface area contributed by atoms with Crippen LogP contribution in [0.5, 0.6) is 0 Å². The Bertz CT molecular complexity index is 939. The molecule has 1 aromatic heterocycles. The highest BCUT2D eigenvalue weighted by Gasteiger charge is 2.41. The van der Waals surface area contributed by atoms with Crippen molar-refractivity contribution in [2.24, 2.45) is 5.92 Å². The second-order valence-electron chi connectivity index (χ2n) is 8.83. The lowest BCUT2D eigenvalue weighted by Crippen LogP contribution is -2.46. The van der Waals surface area contributed by atoms with Crippen molar-refractivity contribution in [1.29, 1.82) is 0 Å². The smallest absolute Gasteiger partial charge is 0.270 e. The minimum absolute atomic E-state index is 0.0305. The highest BCUT2D eigenvalue weighted by molar-refractivity contribution is 5.96. The quantitative estimate of drug-likeness (QED) is 0.869. The van der Waals surface area contributed by atoms with Gasteiger partial charge in [-0.25, -0.2) is 9.97 Å². The Morgan fingerprint density at radius 3 is 2.62 bits per heavy atom. The number of hydrogen-bond acceptors (Lipinski definition) is 5. The zero-order valence-electron chi connectivity index (χ0n) is 16.5. The lowest BCUT2D eigenvalue weighted by Gasteiger charge is -2.40. The van der Waals surface area contributed by atoms with Gasteiger partial charge in [-0.15, -0.1) is 0 Å². The largest absolute Gasteiger partial charge is 0.366 e. The number of nitrogens with zero attached hydrogens (tertiary/aromatic N) is 3. The SMILES string of the molecule is O=C1NCCc2c1nc(C1CC1)nc2N1C[C@@H](c2ccccc2)O[C@@H](C2CC2)C1. The van der Waals surface area contributed by atoms with Crippen molar-refractivity contribution in [3.63, 3.8) is 0 Å². The molecule has 0 bridgehead atoms. The minimum Gasteiger partial charge on any atom is -0.366 e. The fraction of sp³-hybridized carbons (Fsp3) is 0.522. The molecule has 2 aliphatic heterocycles. The Morgan fingerprint density at radius 2 is 1.86 bits per heavy atom. The van der Waals surface area contributed by atoms with Gasteiger partial charge in [-0.1, -0.05) is 30.3 Å². The number of benzene rings is 1. The van der Waals surface area contributed by atoms with Crippen molar-refractivity contribution in [1.82, 2.24) is 15.3 Å². The van der Waals surface area contributed by atoms with Crippen LogP contribution in [0.3, 0.4) is 0 Å². The topological polar surface area (TPSA) is 67.4 Å². The highest BCUT2D eigenvalue weighted by Crippen LogP contribution is 2.43. The van der Waals surface area contributed by atoms with Crippen LogP contribution in [0.4, 0.5) is 5.82 Å². The van der Waals surface area contributed by atoms with E-state index in [1.54, 1.807) is 0 Å². The van der Waals surface area contributed by atoms with E-state index in [2.05, 4.69) is 39.5 Å². The van der Waals surface area contributed by atoms with Gasteiger partial charge in [-0.05, 0) is 43.6 Å². The van der Waals surface area contributed by atoms with Crippen LogP contribution in [0.25, 0.3) is 0 Å². The summed E-state index contributed by atoms with van der Waals surface area (Å²) in [6, 6.07) is 10.5. The van der Waals surface area contributed by atoms with Crippen LogP contribution in [0.2, 0.25) is 0 Å². The van der Waals surface area contributed by atoms with E-state index >= 15 is 0 Å². The molecule has 3 fully saturated rings. The van der Waals surface area contributed by atoms with E-state index in [4.69, 9.17) is 9.72 Å². The van der Waals surface area contributed by atoms with Gasteiger partial charge in [-0.3, -0.25) is 4.79 Å². The first-order valence-electron chi connectivity index (χ1n) is 10.9. The van der Waals surface area contributed by atoms with Crippen molar-refractivity contribution in [2.45, 2.75) is 50.2 Å². The molecule has 3 heterocycles. The van der Waals surface area contributed by atoms with E-state index in [0.29, 0.717) is 24.1 Å². The molecule has 1 amide bonds. The van der Waals surface area contributed by atoms with Crippen LogP contribution in [0, 0.1) is 5.92 Å². The lowest BCUT2D eigenvalue weighted by molar-refractivity contribution is -0.0388. The van der Waals surface area contributed by atoms with Crippen LogP contribution >= 0.6 is 0 Å². The van der Waals surface area contributed by atoms with Gasteiger partial charge in [0.2, 0.25) is 0 Å². The number of rotatable bonds is 4. The van der Waals surface area contributed by atoms with Crippen LogP contribution in [0.15, 0.2) is 30.3 Å². The third-order valence-corrected chi connectivity index (χ3v) is 6.56. The molecule has 6 heteroatoms. The number of anilines is 1. The van der Waals surface area contributed by atoms with Crippen molar-refractivity contribution in [3.05, 3.63) is 53.0 Å². The Balaban J connectivity index is 1.40. The number of fused-ring (bicyclic) bond motifs is 1. The van der Waals surface area contributed by atoms with Gasteiger partial charge in [0.05, 0.1) is 6.10 Å². The van der Waals surface area contributed by atoms with Crippen LogP contribution < -0.4 is 10.2 Å². The molecule has 4 aliphatic rings. The number of hydrogen-bond donors (Lipinski definition) is 1. The molecule has 2 aromatic rings. The third-order valence-electron chi connectivity index (χ3n) is 6.56. The van der Waals surface area contributed by atoms with Crippen LogP contribution in [-0.2, 0) is 11.2 Å². The van der Waals surface area contributed by atoms with E-state index in [-0.39, 0.29) is 18.1 Å². The molecule has 1 aromatic carbocycles. The van der Waals surface area contributed by atoms with E-state index in [1.165, 1.54) is 18.4 Å². The first-order valence-corrected chi connectivity index (χ1v) is 10.9. The average Bonchev–Trinajstić information content (AvgIpc) is 3.66. The molecular formula is C23H26N4O2. The minimum atomic E-state index is -0.0524. The van der Waals surface area contributed by atoms with Gasteiger partial charge in [0.1, 0.15) is 23.4 Å². The summed E-state index contributed by atoms with van der Waals surface area (Å²) >= 11 is 0. The lowest BCUT2D eigenvalue weighted by atomic mass is 10.0. The van der Waals surface area contributed by atoms with Gasteiger partial charge in [-0.2, -0.15) is 0 Å². The molecule has 1 saturated heterocycles. The zero-order valence-corrected chi connectivity index (χ0v) is 16.5. The molecular weight excluding hydrogens is 364 g/mol. The summed E-state index contributed by atoms with van der Waals surface area (Å²) in [6.07, 6.45) is 5.79. The first kappa shape index (κ1) is 17.4. The summed E-state index contributed by atoms with van der Waals surface area (Å²) in [7, 11) is 0. The predicted molar refractivity (Wildman–Crippen MR) is 109 cm³/mol. The number of amides is 1. The van der Waals surface area contributed by atoms with Crippen molar-refractivity contribution in [2.75, 3.05) is 24.5 Å². The average molecular weight is 390 g/mol. The van der Waals surface area contributed by atoms with Gasteiger partial charge >= 0.3 is 0 Å². The van der Waals surface area contributed by atoms with Crippen LogP contribution in [0.1, 0.15) is 65.1 Å². The standard InChI is InChI=1S/C23H26N4O2/c28-23-20-17(10-11-24-23)22(26-21(25-20)16-8-9-16)27-12-18(14-4-2-1-3-5-14)29-19(13-27)15-6-7-15/h1-5,15-16,18-19H,6-13H2,(H,24,28)/t18-,19+/m0/s1.